The summed E-state index contributed by atoms with van der Waals surface area (Å²) in [5, 5.41) is 6.50. The van der Waals surface area contributed by atoms with E-state index in [1.807, 2.05) is 0 Å². The average molecular weight is 183 g/mol. The maximum absolute atomic E-state index is 6.50. The molecule has 13 heavy (non-hydrogen) atoms. The minimum Gasteiger partial charge on any atom is -0.375 e. The van der Waals surface area contributed by atoms with Crippen LogP contribution in [-0.4, -0.2) is 25.4 Å². The summed E-state index contributed by atoms with van der Waals surface area (Å²) in [6.45, 7) is 9.81. The van der Waals surface area contributed by atoms with Crippen LogP contribution in [0.4, 0.5) is 0 Å². The summed E-state index contributed by atoms with van der Waals surface area (Å²) in [5.41, 5.74) is 0. The Morgan fingerprint density at radius 3 is 2.62 bits per heavy atom. The first-order valence-corrected chi connectivity index (χ1v) is 4.78. The van der Waals surface area contributed by atoms with Crippen molar-refractivity contribution in [3.8, 4) is 6.57 Å². The number of nitrogens with zero attached hydrogens (tertiary/aromatic N) is 1. The van der Waals surface area contributed by atoms with Crippen molar-refractivity contribution in [2.75, 3.05) is 13.2 Å². The third kappa shape index (κ3) is 2.01. The Bertz CT molecular complexity index is 179. The van der Waals surface area contributed by atoms with Gasteiger partial charge in [0.05, 0.1) is 18.8 Å². The first kappa shape index (κ1) is 10.5. The lowest BCUT2D eigenvalue weighted by molar-refractivity contribution is 0.0551. The fourth-order valence-electron chi connectivity index (χ4n) is 2.07. The van der Waals surface area contributed by atoms with E-state index >= 15 is 0 Å². The molecule has 0 aromatic carbocycles. The largest absolute Gasteiger partial charge is 0.375 e. The van der Waals surface area contributed by atoms with Gasteiger partial charge in [-0.25, -0.2) is 5.26 Å². The van der Waals surface area contributed by atoms with Crippen LogP contribution in [0.5, 0.6) is 0 Å². The van der Waals surface area contributed by atoms with Gasteiger partial charge in [-0.1, -0.05) is 13.8 Å². The maximum atomic E-state index is 6.50. The molecule has 1 unspecified atom stereocenters. The van der Waals surface area contributed by atoms with Crippen molar-refractivity contribution >= 4 is 0 Å². The SMILES string of the molecule is C#N.CC(C)C1CO[C@@H]2CCO[C@H]12. The number of hydrogen-bond acceptors (Lipinski definition) is 3. The monoisotopic (exact) mass is 183 g/mol. The van der Waals surface area contributed by atoms with Gasteiger partial charge in [-0.3, -0.25) is 0 Å². The third-order valence-electron chi connectivity index (χ3n) is 2.86. The summed E-state index contributed by atoms with van der Waals surface area (Å²) in [7, 11) is 0. The van der Waals surface area contributed by atoms with Crippen LogP contribution in [0.25, 0.3) is 0 Å². The zero-order valence-electron chi connectivity index (χ0n) is 8.27. The van der Waals surface area contributed by atoms with Gasteiger partial charge in [0.1, 0.15) is 0 Å². The number of ether oxygens (including phenoxy) is 2. The Labute approximate surface area is 79.6 Å². The number of rotatable bonds is 1. The van der Waals surface area contributed by atoms with Crippen molar-refractivity contribution in [3.63, 3.8) is 0 Å². The predicted molar refractivity (Wildman–Crippen MR) is 49.1 cm³/mol. The van der Waals surface area contributed by atoms with Crippen LogP contribution >= 0.6 is 0 Å². The van der Waals surface area contributed by atoms with E-state index in [-0.39, 0.29) is 0 Å². The van der Waals surface area contributed by atoms with Crippen molar-refractivity contribution in [1.82, 2.24) is 0 Å². The van der Waals surface area contributed by atoms with Crippen LogP contribution in [-0.2, 0) is 9.47 Å². The minimum atomic E-state index is 0.412. The van der Waals surface area contributed by atoms with E-state index in [0.717, 1.165) is 19.6 Å². The Balaban J connectivity index is 0.000000396. The topological polar surface area (TPSA) is 42.2 Å². The summed E-state index contributed by atoms with van der Waals surface area (Å²) in [6, 6.07) is 0. The molecule has 0 saturated carbocycles. The molecule has 3 atom stereocenters. The fraction of sp³-hybridized carbons (Fsp3) is 0.900. The van der Waals surface area contributed by atoms with E-state index in [9.17, 15) is 0 Å². The van der Waals surface area contributed by atoms with E-state index in [1.165, 1.54) is 0 Å². The van der Waals surface area contributed by atoms with E-state index in [4.69, 9.17) is 14.7 Å². The Hall–Kier alpha value is -0.590. The highest BCUT2D eigenvalue weighted by molar-refractivity contribution is 4.89. The smallest absolute Gasteiger partial charge is 0.0890 e. The Kier molecular flexibility index (Phi) is 3.71. The second-order valence-electron chi connectivity index (χ2n) is 3.90. The van der Waals surface area contributed by atoms with Crippen LogP contribution in [0.3, 0.4) is 0 Å². The molecule has 0 radical (unpaired) electrons. The van der Waals surface area contributed by atoms with Crippen LogP contribution < -0.4 is 0 Å². The summed E-state index contributed by atoms with van der Waals surface area (Å²) in [4.78, 5) is 0. The molecule has 0 amide bonds. The molecule has 0 N–H and O–H groups in total. The predicted octanol–water partition coefficient (Wildman–Crippen LogP) is 1.59. The minimum absolute atomic E-state index is 0.412. The van der Waals surface area contributed by atoms with Gasteiger partial charge in [0.25, 0.3) is 0 Å². The van der Waals surface area contributed by atoms with Gasteiger partial charge in [0, 0.05) is 19.1 Å². The molecule has 3 nitrogen and oxygen atoms in total. The number of nitriles is 1. The molecule has 2 fully saturated rings. The summed E-state index contributed by atoms with van der Waals surface area (Å²) in [6.07, 6.45) is 1.94. The third-order valence-corrected chi connectivity index (χ3v) is 2.86. The zero-order chi connectivity index (χ0) is 9.84. The number of hydrogen-bond donors (Lipinski definition) is 0. The van der Waals surface area contributed by atoms with E-state index in [0.29, 0.717) is 24.0 Å². The van der Waals surface area contributed by atoms with Crippen molar-refractivity contribution in [1.29, 1.82) is 5.26 Å². The Morgan fingerprint density at radius 1 is 1.31 bits per heavy atom. The van der Waals surface area contributed by atoms with Gasteiger partial charge in [-0.15, -0.1) is 0 Å². The lowest BCUT2D eigenvalue weighted by Crippen LogP contribution is -2.26. The highest BCUT2D eigenvalue weighted by Crippen LogP contribution is 2.34. The molecule has 0 spiro atoms. The van der Waals surface area contributed by atoms with Crippen molar-refractivity contribution in [2.45, 2.75) is 32.5 Å². The molecule has 2 rings (SSSR count). The molecule has 0 aromatic rings. The normalized spacial score (nSPS) is 36.8. The van der Waals surface area contributed by atoms with E-state index in [2.05, 4.69) is 20.4 Å². The molecule has 2 saturated heterocycles. The highest BCUT2D eigenvalue weighted by Gasteiger charge is 2.42. The molecule has 0 bridgehead atoms. The molecule has 3 heteroatoms. The molecule has 0 aliphatic carbocycles. The van der Waals surface area contributed by atoms with Gasteiger partial charge in [0.2, 0.25) is 0 Å². The zero-order valence-corrected chi connectivity index (χ0v) is 8.27. The van der Waals surface area contributed by atoms with Crippen LogP contribution in [0.15, 0.2) is 0 Å². The van der Waals surface area contributed by atoms with Crippen molar-refractivity contribution in [3.05, 3.63) is 0 Å². The van der Waals surface area contributed by atoms with Gasteiger partial charge in [-0.05, 0) is 12.3 Å². The van der Waals surface area contributed by atoms with Crippen LogP contribution in [0, 0.1) is 23.7 Å². The molecule has 2 aliphatic heterocycles. The lowest BCUT2D eigenvalue weighted by atomic mass is 9.91. The molecular formula is C10H17NO2. The summed E-state index contributed by atoms with van der Waals surface area (Å²) in [5.74, 6) is 1.34. The second-order valence-corrected chi connectivity index (χ2v) is 3.90. The highest BCUT2D eigenvalue weighted by atomic mass is 16.6. The lowest BCUT2D eigenvalue weighted by Gasteiger charge is -2.18. The molecular weight excluding hydrogens is 166 g/mol. The van der Waals surface area contributed by atoms with Gasteiger partial charge < -0.3 is 9.47 Å². The standard InChI is InChI=1S/C9H16O2.CHN/c1-6(2)7-5-11-8-3-4-10-9(7)8;1-2/h6-9H,3-5H2,1-2H3;1H/t7?,8-,9-;/m1./s1. The second kappa shape index (κ2) is 4.59. The van der Waals surface area contributed by atoms with Gasteiger partial charge in [0.15, 0.2) is 0 Å². The van der Waals surface area contributed by atoms with Gasteiger partial charge >= 0.3 is 0 Å². The molecule has 2 heterocycles. The first-order chi connectivity index (χ1) is 6.29. The maximum Gasteiger partial charge on any atom is 0.0890 e. The van der Waals surface area contributed by atoms with Gasteiger partial charge in [-0.2, -0.15) is 0 Å². The molecule has 0 aromatic heterocycles. The molecule has 74 valence electrons. The summed E-state index contributed by atoms with van der Waals surface area (Å²) >= 11 is 0. The van der Waals surface area contributed by atoms with Crippen molar-refractivity contribution in [2.24, 2.45) is 11.8 Å². The number of fused-ring (bicyclic) bond motifs is 1. The van der Waals surface area contributed by atoms with Crippen LogP contribution in [0.1, 0.15) is 20.3 Å². The quantitative estimate of drug-likeness (QED) is 0.620. The van der Waals surface area contributed by atoms with E-state index < -0.39 is 0 Å². The Morgan fingerprint density at radius 2 is 2.00 bits per heavy atom. The van der Waals surface area contributed by atoms with Crippen molar-refractivity contribution < 1.29 is 9.47 Å². The molecule has 2 aliphatic rings. The first-order valence-electron chi connectivity index (χ1n) is 4.78. The van der Waals surface area contributed by atoms with Crippen LogP contribution in [0.2, 0.25) is 0 Å². The average Bonchev–Trinajstić information content (AvgIpc) is 2.66. The fourth-order valence-corrected chi connectivity index (χ4v) is 2.07. The summed E-state index contributed by atoms with van der Waals surface area (Å²) < 4.78 is 11.3. The van der Waals surface area contributed by atoms with E-state index in [1.54, 1.807) is 0 Å².